The van der Waals surface area contributed by atoms with E-state index < -0.39 is 0 Å². The van der Waals surface area contributed by atoms with Crippen LogP contribution in [0.1, 0.15) is 40.0 Å². The predicted molar refractivity (Wildman–Crippen MR) is 48.5 cm³/mol. The van der Waals surface area contributed by atoms with Gasteiger partial charge in [-0.3, -0.25) is 0 Å². The molecule has 0 N–H and O–H groups in total. The predicted octanol–water partition coefficient (Wildman–Crippen LogP) is 3.22. The number of nitrogens with zero attached hydrogens (tertiary/aromatic N) is 1. The molecule has 2 nitrogen and oxygen atoms in total. The van der Waals surface area contributed by atoms with Crippen LogP contribution in [0.5, 0.6) is 0 Å². The molecule has 0 heterocycles. The molecule has 0 bridgehead atoms. The van der Waals surface area contributed by atoms with Crippen LogP contribution in [0.15, 0.2) is 5.18 Å². The summed E-state index contributed by atoms with van der Waals surface area (Å²) in [5.74, 6) is 1.43. The SMILES string of the molecule is CCC(C)C(CC)CCN=O. The van der Waals surface area contributed by atoms with Crippen LogP contribution in [-0.2, 0) is 0 Å². The molecule has 0 fully saturated rings. The highest BCUT2D eigenvalue weighted by molar-refractivity contribution is 4.64. The van der Waals surface area contributed by atoms with Crippen molar-refractivity contribution in [1.82, 2.24) is 0 Å². The van der Waals surface area contributed by atoms with E-state index in [4.69, 9.17) is 0 Å². The number of hydrogen-bond acceptors (Lipinski definition) is 2. The summed E-state index contributed by atoms with van der Waals surface area (Å²) in [5.41, 5.74) is 0. The van der Waals surface area contributed by atoms with Gasteiger partial charge in [0.15, 0.2) is 0 Å². The lowest BCUT2D eigenvalue weighted by Crippen LogP contribution is -2.10. The lowest BCUT2D eigenvalue weighted by Gasteiger charge is -2.19. The summed E-state index contributed by atoms with van der Waals surface area (Å²) < 4.78 is 0. The zero-order valence-corrected chi connectivity index (χ0v) is 7.84. The van der Waals surface area contributed by atoms with E-state index in [-0.39, 0.29) is 0 Å². The van der Waals surface area contributed by atoms with Crippen LogP contribution < -0.4 is 0 Å². The van der Waals surface area contributed by atoms with Gasteiger partial charge in [0, 0.05) is 0 Å². The lowest BCUT2D eigenvalue weighted by atomic mass is 9.87. The molecule has 0 aliphatic carbocycles. The van der Waals surface area contributed by atoms with Gasteiger partial charge < -0.3 is 0 Å². The molecule has 0 aliphatic rings. The van der Waals surface area contributed by atoms with Crippen molar-refractivity contribution in [3.8, 4) is 0 Å². The van der Waals surface area contributed by atoms with Crippen LogP contribution in [-0.4, -0.2) is 6.54 Å². The standard InChI is InChI=1S/C9H19NO/c1-4-8(3)9(5-2)6-7-10-11/h8-9H,4-7H2,1-3H3. The van der Waals surface area contributed by atoms with Crippen molar-refractivity contribution in [3.05, 3.63) is 4.91 Å². The Labute approximate surface area is 69.4 Å². The largest absolute Gasteiger partial charge is 0.151 e. The molecule has 0 aromatic heterocycles. The Morgan fingerprint density at radius 2 is 1.91 bits per heavy atom. The Morgan fingerprint density at radius 1 is 1.27 bits per heavy atom. The van der Waals surface area contributed by atoms with Gasteiger partial charge in [-0.15, -0.1) is 0 Å². The third kappa shape index (κ3) is 4.12. The van der Waals surface area contributed by atoms with Crippen LogP contribution in [0.4, 0.5) is 0 Å². The average Bonchev–Trinajstić information content (AvgIpc) is 2.05. The molecule has 11 heavy (non-hydrogen) atoms. The minimum atomic E-state index is 0.489. The van der Waals surface area contributed by atoms with Gasteiger partial charge >= 0.3 is 0 Å². The number of hydrogen-bond donors (Lipinski definition) is 0. The fourth-order valence-corrected chi connectivity index (χ4v) is 1.44. The summed E-state index contributed by atoms with van der Waals surface area (Å²) in [6, 6.07) is 0. The number of nitroso groups, excluding NO2 is 1. The molecule has 0 amide bonds. The van der Waals surface area contributed by atoms with Crippen molar-refractivity contribution >= 4 is 0 Å². The van der Waals surface area contributed by atoms with E-state index in [1.165, 1.54) is 12.8 Å². The Bertz CT molecular complexity index is 104. The second kappa shape index (κ2) is 6.32. The van der Waals surface area contributed by atoms with Crippen LogP contribution >= 0.6 is 0 Å². The molecule has 0 aliphatic heterocycles. The highest BCUT2D eigenvalue weighted by Crippen LogP contribution is 2.21. The van der Waals surface area contributed by atoms with Crippen LogP contribution in [0, 0.1) is 16.7 Å². The topological polar surface area (TPSA) is 29.4 Å². The third-order valence-corrected chi connectivity index (χ3v) is 2.56. The van der Waals surface area contributed by atoms with Crippen molar-refractivity contribution in [2.45, 2.75) is 40.0 Å². The minimum absolute atomic E-state index is 0.489. The second-order valence-electron chi connectivity index (χ2n) is 3.20. The van der Waals surface area contributed by atoms with Gasteiger partial charge in [-0.2, -0.15) is 4.91 Å². The summed E-state index contributed by atoms with van der Waals surface area (Å²) >= 11 is 0. The first-order valence-electron chi connectivity index (χ1n) is 4.55. The zero-order chi connectivity index (χ0) is 8.69. The third-order valence-electron chi connectivity index (χ3n) is 2.56. The van der Waals surface area contributed by atoms with Gasteiger partial charge in [-0.25, -0.2) is 0 Å². The Hall–Kier alpha value is -0.400. The Morgan fingerprint density at radius 3 is 2.27 bits per heavy atom. The van der Waals surface area contributed by atoms with Crippen molar-refractivity contribution in [2.24, 2.45) is 17.0 Å². The minimum Gasteiger partial charge on any atom is -0.151 e. The van der Waals surface area contributed by atoms with Gasteiger partial charge in [0.2, 0.25) is 0 Å². The molecule has 66 valence electrons. The first kappa shape index (κ1) is 10.6. The summed E-state index contributed by atoms with van der Waals surface area (Å²) in [4.78, 5) is 9.89. The van der Waals surface area contributed by atoms with E-state index in [1.807, 2.05) is 0 Å². The fraction of sp³-hybridized carbons (Fsp3) is 1.00. The average molecular weight is 157 g/mol. The summed E-state index contributed by atoms with van der Waals surface area (Å²) in [7, 11) is 0. The molecule has 2 atom stereocenters. The molecular weight excluding hydrogens is 138 g/mol. The highest BCUT2D eigenvalue weighted by atomic mass is 16.3. The lowest BCUT2D eigenvalue weighted by molar-refractivity contribution is 0.322. The van der Waals surface area contributed by atoms with E-state index in [0.29, 0.717) is 12.5 Å². The summed E-state index contributed by atoms with van der Waals surface area (Å²) in [5, 5.41) is 2.89. The molecule has 0 radical (unpaired) electrons. The molecule has 0 aromatic carbocycles. The van der Waals surface area contributed by atoms with Crippen molar-refractivity contribution in [2.75, 3.05) is 6.54 Å². The fourth-order valence-electron chi connectivity index (χ4n) is 1.44. The maximum atomic E-state index is 9.89. The summed E-state index contributed by atoms with van der Waals surface area (Å²) in [6.45, 7) is 7.12. The maximum Gasteiger partial charge on any atom is 0.0813 e. The smallest absolute Gasteiger partial charge is 0.0813 e. The molecular formula is C9H19NO. The quantitative estimate of drug-likeness (QED) is 0.544. The van der Waals surface area contributed by atoms with Gasteiger partial charge in [0.25, 0.3) is 0 Å². The van der Waals surface area contributed by atoms with E-state index in [9.17, 15) is 4.91 Å². The van der Waals surface area contributed by atoms with Crippen LogP contribution in [0.3, 0.4) is 0 Å². The van der Waals surface area contributed by atoms with Gasteiger partial charge in [0.1, 0.15) is 0 Å². The molecule has 2 unspecified atom stereocenters. The molecule has 0 saturated carbocycles. The second-order valence-corrected chi connectivity index (χ2v) is 3.20. The number of rotatable bonds is 6. The van der Waals surface area contributed by atoms with Crippen molar-refractivity contribution < 1.29 is 0 Å². The first-order chi connectivity index (χ1) is 5.26. The Kier molecular flexibility index (Phi) is 6.09. The normalized spacial score (nSPS) is 15.9. The van der Waals surface area contributed by atoms with E-state index in [0.717, 1.165) is 12.3 Å². The molecule has 0 aromatic rings. The van der Waals surface area contributed by atoms with Gasteiger partial charge in [-0.1, -0.05) is 38.8 Å². The highest BCUT2D eigenvalue weighted by Gasteiger charge is 2.12. The zero-order valence-electron chi connectivity index (χ0n) is 7.84. The van der Waals surface area contributed by atoms with E-state index >= 15 is 0 Å². The van der Waals surface area contributed by atoms with Crippen molar-refractivity contribution in [3.63, 3.8) is 0 Å². The van der Waals surface area contributed by atoms with Crippen LogP contribution in [0.25, 0.3) is 0 Å². The van der Waals surface area contributed by atoms with Gasteiger partial charge in [0.05, 0.1) is 6.54 Å². The van der Waals surface area contributed by atoms with Gasteiger partial charge in [-0.05, 0) is 18.3 Å². The molecule has 0 spiro atoms. The maximum absolute atomic E-state index is 9.89. The monoisotopic (exact) mass is 157 g/mol. The first-order valence-corrected chi connectivity index (χ1v) is 4.55. The summed E-state index contributed by atoms with van der Waals surface area (Å²) in [6.07, 6.45) is 3.34. The van der Waals surface area contributed by atoms with Crippen molar-refractivity contribution in [1.29, 1.82) is 0 Å². The van der Waals surface area contributed by atoms with Crippen LogP contribution in [0.2, 0.25) is 0 Å². The van der Waals surface area contributed by atoms with E-state index in [2.05, 4.69) is 25.9 Å². The molecule has 0 rings (SSSR count). The van der Waals surface area contributed by atoms with E-state index in [1.54, 1.807) is 0 Å². The molecule has 2 heteroatoms. The Balaban J connectivity index is 3.64. The molecule has 0 saturated heterocycles.